The van der Waals surface area contributed by atoms with Crippen LogP contribution in [0.15, 0.2) is 77.7 Å². The van der Waals surface area contributed by atoms with Crippen molar-refractivity contribution in [3.05, 3.63) is 84.2 Å². The van der Waals surface area contributed by atoms with Gasteiger partial charge in [0, 0.05) is 37.5 Å². The van der Waals surface area contributed by atoms with E-state index in [2.05, 4.69) is 0 Å². The van der Waals surface area contributed by atoms with Crippen LogP contribution in [0, 0.1) is 5.82 Å². The Morgan fingerprint density at radius 3 is 2.26 bits per heavy atom. The van der Waals surface area contributed by atoms with Gasteiger partial charge >= 0.3 is 0 Å². The Hall–Kier alpha value is -3.07. The Kier molecular flexibility index (Phi) is 7.41. The van der Waals surface area contributed by atoms with Gasteiger partial charge in [-0.1, -0.05) is 42.5 Å². The molecule has 3 aromatic rings. The summed E-state index contributed by atoms with van der Waals surface area (Å²) in [6.45, 7) is 0.751. The van der Waals surface area contributed by atoms with Crippen LogP contribution in [0.4, 0.5) is 10.1 Å². The molecule has 0 spiro atoms. The first-order valence-corrected chi connectivity index (χ1v) is 12.5. The number of benzene rings is 3. The lowest BCUT2D eigenvalue weighted by atomic mass is 10.0. The maximum absolute atomic E-state index is 13.7. The maximum Gasteiger partial charge on any atom is 0.243 e. The zero-order chi connectivity index (χ0) is 24.1. The quantitative estimate of drug-likeness (QED) is 0.445. The van der Waals surface area contributed by atoms with Crippen LogP contribution < -0.4 is 4.90 Å². The third-order valence-electron chi connectivity index (χ3n) is 6.15. The van der Waals surface area contributed by atoms with E-state index < -0.39 is 15.8 Å². The Morgan fingerprint density at radius 1 is 1.00 bits per heavy atom. The molecule has 1 saturated heterocycles. The lowest BCUT2D eigenvalue weighted by Gasteiger charge is -2.36. The first-order chi connectivity index (χ1) is 16.4. The SMILES string of the molecule is COCc1cc(F)ccc1N(C=O)C1CCN(S(=O)(=O)c2ccc(-c3ccccc3)cc2)CC1. The van der Waals surface area contributed by atoms with Crippen molar-refractivity contribution >= 4 is 22.1 Å². The number of amides is 1. The van der Waals surface area contributed by atoms with Crippen molar-refractivity contribution in [2.45, 2.75) is 30.4 Å². The molecule has 0 radical (unpaired) electrons. The fraction of sp³-hybridized carbons (Fsp3) is 0.269. The predicted octanol–water partition coefficient (Wildman–Crippen LogP) is 4.46. The fourth-order valence-corrected chi connectivity index (χ4v) is 5.85. The minimum absolute atomic E-state index is 0.170. The van der Waals surface area contributed by atoms with Gasteiger partial charge in [-0.25, -0.2) is 12.8 Å². The average molecular weight is 483 g/mol. The smallest absolute Gasteiger partial charge is 0.243 e. The summed E-state index contributed by atoms with van der Waals surface area (Å²) in [4.78, 5) is 13.8. The Morgan fingerprint density at radius 2 is 1.65 bits per heavy atom. The molecular weight excluding hydrogens is 455 g/mol. The molecule has 3 aromatic carbocycles. The number of hydrogen-bond donors (Lipinski definition) is 0. The molecule has 0 unspecified atom stereocenters. The highest BCUT2D eigenvalue weighted by molar-refractivity contribution is 7.89. The number of nitrogens with zero attached hydrogens (tertiary/aromatic N) is 2. The van der Waals surface area contributed by atoms with Gasteiger partial charge in [0.25, 0.3) is 0 Å². The van der Waals surface area contributed by atoms with Crippen LogP contribution in [0.5, 0.6) is 0 Å². The van der Waals surface area contributed by atoms with Crippen LogP contribution in [0.3, 0.4) is 0 Å². The van der Waals surface area contributed by atoms with Crippen molar-refractivity contribution in [3.63, 3.8) is 0 Å². The molecule has 8 heteroatoms. The summed E-state index contributed by atoms with van der Waals surface area (Å²) in [5.74, 6) is -0.402. The number of anilines is 1. The Bertz CT molecular complexity index is 1230. The Balaban J connectivity index is 1.47. The molecule has 0 aromatic heterocycles. The third kappa shape index (κ3) is 5.04. The molecule has 0 bridgehead atoms. The molecule has 6 nitrogen and oxygen atoms in total. The minimum atomic E-state index is -3.65. The monoisotopic (exact) mass is 482 g/mol. The van der Waals surface area contributed by atoms with Gasteiger partial charge in [0.1, 0.15) is 5.82 Å². The molecule has 1 amide bonds. The van der Waals surface area contributed by atoms with Crippen LogP contribution in [-0.4, -0.2) is 45.4 Å². The summed E-state index contributed by atoms with van der Waals surface area (Å²) in [6.07, 6.45) is 1.68. The van der Waals surface area contributed by atoms with Crippen LogP contribution >= 0.6 is 0 Å². The summed E-state index contributed by atoms with van der Waals surface area (Å²) in [5, 5.41) is 0. The van der Waals surface area contributed by atoms with Crippen molar-refractivity contribution in [2.75, 3.05) is 25.1 Å². The standard InChI is InChI=1S/C26H27FN2O4S/c1-33-18-22-17-23(27)9-12-26(22)29(19-30)24-13-15-28(16-14-24)34(31,32)25-10-7-21(8-11-25)20-5-3-2-4-6-20/h2-12,17,19,24H,13-16,18H2,1H3. The second-order valence-electron chi connectivity index (χ2n) is 8.24. The average Bonchev–Trinajstić information content (AvgIpc) is 2.87. The van der Waals surface area contributed by atoms with Gasteiger partial charge in [0.15, 0.2) is 0 Å². The molecule has 34 heavy (non-hydrogen) atoms. The number of ether oxygens (including phenoxy) is 1. The van der Waals surface area contributed by atoms with Gasteiger partial charge in [-0.3, -0.25) is 4.79 Å². The van der Waals surface area contributed by atoms with E-state index in [1.54, 1.807) is 23.1 Å². The van der Waals surface area contributed by atoms with E-state index in [0.717, 1.165) is 17.5 Å². The first-order valence-electron chi connectivity index (χ1n) is 11.1. The van der Waals surface area contributed by atoms with Gasteiger partial charge in [0.2, 0.25) is 16.4 Å². The van der Waals surface area contributed by atoms with Crippen molar-refractivity contribution in [1.82, 2.24) is 4.31 Å². The molecule has 178 valence electrons. The highest BCUT2D eigenvalue weighted by Crippen LogP contribution is 2.30. The third-order valence-corrected chi connectivity index (χ3v) is 8.06. The Labute approximate surface area is 199 Å². The number of methoxy groups -OCH3 is 1. The number of carbonyl (C=O) groups excluding carboxylic acids is 1. The van der Waals surface area contributed by atoms with Crippen molar-refractivity contribution in [2.24, 2.45) is 0 Å². The lowest BCUT2D eigenvalue weighted by molar-refractivity contribution is -0.108. The predicted molar refractivity (Wildman–Crippen MR) is 129 cm³/mol. The molecular formula is C26H27FN2O4S. The van der Waals surface area contributed by atoms with Crippen LogP contribution in [0.25, 0.3) is 11.1 Å². The van der Waals surface area contributed by atoms with Gasteiger partial charge in [0.05, 0.1) is 11.5 Å². The van der Waals surface area contributed by atoms with Gasteiger partial charge in [-0.2, -0.15) is 4.31 Å². The van der Waals surface area contributed by atoms with E-state index in [9.17, 15) is 17.6 Å². The van der Waals surface area contributed by atoms with E-state index >= 15 is 0 Å². The molecule has 4 rings (SSSR count). The first kappa shape index (κ1) is 24.1. The summed E-state index contributed by atoms with van der Waals surface area (Å²) < 4.78 is 46.8. The number of halogens is 1. The molecule has 0 aliphatic carbocycles. The molecule has 1 heterocycles. The molecule has 1 aliphatic heterocycles. The zero-order valence-corrected chi connectivity index (χ0v) is 19.7. The summed E-state index contributed by atoms with van der Waals surface area (Å²) >= 11 is 0. The van der Waals surface area contributed by atoms with E-state index in [0.29, 0.717) is 37.2 Å². The number of hydrogen-bond acceptors (Lipinski definition) is 4. The van der Waals surface area contributed by atoms with Crippen molar-refractivity contribution in [1.29, 1.82) is 0 Å². The summed E-state index contributed by atoms with van der Waals surface area (Å²) in [5.41, 5.74) is 3.13. The summed E-state index contributed by atoms with van der Waals surface area (Å²) in [7, 11) is -2.14. The van der Waals surface area contributed by atoms with Crippen LogP contribution in [0.1, 0.15) is 18.4 Å². The van der Waals surface area contributed by atoms with Crippen LogP contribution in [-0.2, 0) is 26.2 Å². The second kappa shape index (κ2) is 10.5. The number of carbonyl (C=O) groups is 1. The van der Waals surface area contributed by atoms with Crippen molar-refractivity contribution in [3.8, 4) is 11.1 Å². The minimum Gasteiger partial charge on any atom is -0.380 e. The maximum atomic E-state index is 13.7. The molecule has 0 atom stereocenters. The largest absolute Gasteiger partial charge is 0.380 e. The van der Waals surface area contributed by atoms with E-state index in [4.69, 9.17) is 4.74 Å². The topological polar surface area (TPSA) is 66.9 Å². The lowest BCUT2D eigenvalue weighted by Crippen LogP contribution is -2.46. The van der Waals surface area contributed by atoms with E-state index in [-0.39, 0.29) is 17.5 Å². The van der Waals surface area contributed by atoms with E-state index in [1.165, 1.54) is 23.5 Å². The van der Waals surface area contributed by atoms with E-state index in [1.807, 2.05) is 42.5 Å². The molecule has 0 saturated carbocycles. The highest BCUT2D eigenvalue weighted by atomic mass is 32.2. The number of sulfonamides is 1. The van der Waals surface area contributed by atoms with Crippen molar-refractivity contribution < 1.29 is 22.3 Å². The normalized spacial score (nSPS) is 15.2. The van der Waals surface area contributed by atoms with Gasteiger partial charge in [-0.15, -0.1) is 0 Å². The molecule has 0 N–H and O–H groups in total. The highest BCUT2D eigenvalue weighted by Gasteiger charge is 2.32. The molecule has 1 fully saturated rings. The fourth-order valence-electron chi connectivity index (χ4n) is 4.38. The van der Waals surface area contributed by atoms with Crippen LogP contribution in [0.2, 0.25) is 0 Å². The van der Waals surface area contributed by atoms with Gasteiger partial charge in [-0.05, 0) is 54.3 Å². The second-order valence-corrected chi connectivity index (χ2v) is 10.2. The number of piperidine rings is 1. The zero-order valence-electron chi connectivity index (χ0n) is 18.9. The number of rotatable bonds is 8. The van der Waals surface area contributed by atoms with Gasteiger partial charge < -0.3 is 9.64 Å². The summed E-state index contributed by atoms with van der Waals surface area (Å²) in [6, 6.07) is 20.7. The molecule has 1 aliphatic rings.